The number of hydrogen-bond acceptors (Lipinski definition) is 4. The second-order valence-electron chi connectivity index (χ2n) is 2.26. The molecule has 0 fully saturated rings. The van der Waals surface area contributed by atoms with Crippen LogP contribution in [-0.4, -0.2) is 11.9 Å². The molecule has 0 bridgehead atoms. The molecule has 68 valence electrons. The first kappa shape index (κ1) is 17.5. The van der Waals surface area contributed by atoms with E-state index in [0.717, 1.165) is 12.1 Å². The largest absolute Gasteiger partial charge is 1.00 e. The second kappa shape index (κ2) is 7.38. The zero-order valence-electron chi connectivity index (χ0n) is 8.24. The number of benzene rings is 1. The van der Waals surface area contributed by atoms with E-state index in [0.29, 0.717) is 6.07 Å². The van der Waals surface area contributed by atoms with Crippen LogP contribution in [0.5, 0.6) is 0 Å². The molecule has 0 aliphatic rings. The van der Waals surface area contributed by atoms with Gasteiger partial charge in [0.2, 0.25) is 0 Å². The van der Waals surface area contributed by atoms with E-state index in [-0.39, 0.29) is 59.1 Å². The van der Waals surface area contributed by atoms with Gasteiger partial charge in [-0.2, -0.15) is 0 Å². The fraction of sp³-hybridized carbons (Fsp3) is 0. The maximum absolute atomic E-state index is 12.5. The Bertz CT molecular complexity index is 381. The summed E-state index contributed by atoms with van der Waals surface area (Å²) in [7, 11) is 0. The van der Waals surface area contributed by atoms with Crippen LogP contribution in [0, 0.1) is 5.82 Å². The zero-order chi connectivity index (χ0) is 10.0. The van der Waals surface area contributed by atoms with E-state index in [2.05, 4.69) is 0 Å². The van der Waals surface area contributed by atoms with Crippen LogP contribution < -0.4 is 69.3 Å². The molecule has 0 aliphatic carbocycles. The number of carbonyl (C=O) groups excluding carboxylic acids is 2. The van der Waals surface area contributed by atoms with Gasteiger partial charge >= 0.3 is 59.1 Å². The molecule has 0 radical (unpaired) electrons. The number of carboxylic acid groups (broad SMARTS) is 2. The Balaban J connectivity index is 0. The summed E-state index contributed by atoms with van der Waals surface area (Å²) in [6, 6.07) is 2.22. The third-order valence-corrected chi connectivity index (χ3v) is 1.42. The van der Waals surface area contributed by atoms with Crippen LogP contribution in [0.3, 0.4) is 0 Å². The van der Waals surface area contributed by atoms with Crippen molar-refractivity contribution in [1.82, 2.24) is 0 Å². The average Bonchev–Trinajstić information content (AvgIpc) is 2.03. The van der Waals surface area contributed by atoms with Crippen molar-refractivity contribution in [2.75, 3.05) is 0 Å². The van der Waals surface area contributed by atoms with Crippen molar-refractivity contribution in [3.63, 3.8) is 0 Å². The van der Waals surface area contributed by atoms with Crippen molar-refractivity contribution < 1.29 is 83.3 Å². The van der Waals surface area contributed by atoms with Gasteiger partial charge in [-0.25, -0.2) is 4.39 Å². The average molecular weight is 228 g/mol. The molecule has 1 aromatic rings. The molecule has 0 spiro atoms. The van der Waals surface area contributed by atoms with Gasteiger partial charge in [-0.3, -0.25) is 0 Å². The summed E-state index contributed by atoms with van der Waals surface area (Å²) in [5.74, 6) is -4.28. The summed E-state index contributed by atoms with van der Waals surface area (Å²) in [5.41, 5.74) is -1.32. The Kier molecular flexibility index (Phi) is 8.60. The quantitative estimate of drug-likeness (QED) is 0.471. The first-order chi connectivity index (χ1) is 6.02. The SMILES string of the molecule is O=C([O-])c1ccc(F)cc1C(=O)[O-].[Na+].[Na+]. The zero-order valence-corrected chi connectivity index (χ0v) is 12.2. The number of hydrogen-bond donors (Lipinski definition) is 0. The molecule has 0 heterocycles. The van der Waals surface area contributed by atoms with Crippen molar-refractivity contribution >= 4 is 11.9 Å². The third kappa shape index (κ3) is 4.63. The van der Waals surface area contributed by atoms with E-state index in [1.165, 1.54) is 0 Å². The maximum atomic E-state index is 12.5. The van der Waals surface area contributed by atoms with Crippen molar-refractivity contribution in [2.24, 2.45) is 0 Å². The number of rotatable bonds is 2. The van der Waals surface area contributed by atoms with Gasteiger partial charge in [-0.05, 0) is 18.2 Å². The Morgan fingerprint density at radius 1 is 1.00 bits per heavy atom. The van der Waals surface area contributed by atoms with Crippen LogP contribution in [0.15, 0.2) is 18.2 Å². The molecular formula is C8H3FNa2O4. The minimum absolute atomic E-state index is 0. The summed E-state index contributed by atoms with van der Waals surface area (Å²) in [6.07, 6.45) is 0. The minimum Gasteiger partial charge on any atom is -0.545 e. The maximum Gasteiger partial charge on any atom is 1.00 e. The Hall–Kier alpha value is 0.0900. The molecule has 4 nitrogen and oxygen atoms in total. The van der Waals surface area contributed by atoms with Gasteiger partial charge in [0.05, 0.1) is 11.9 Å². The van der Waals surface area contributed by atoms with Gasteiger partial charge in [-0.15, -0.1) is 0 Å². The Labute approximate surface area is 129 Å². The van der Waals surface area contributed by atoms with E-state index in [4.69, 9.17) is 0 Å². The fourth-order valence-electron chi connectivity index (χ4n) is 0.863. The number of carboxylic acids is 2. The molecule has 0 aliphatic heterocycles. The molecule has 15 heavy (non-hydrogen) atoms. The van der Waals surface area contributed by atoms with Crippen molar-refractivity contribution in [1.29, 1.82) is 0 Å². The second-order valence-corrected chi connectivity index (χ2v) is 2.26. The van der Waals surface area contributed by atoms with E-state index >= 15 is 0 Å². The monoisotopic (exact) mass is 228 g/mol. The third-order valence-electron chi connectivity index (χ3n) is 1.42. The molecule has 0 N–H and O–H groups in total. The van der Waals surface area contributed by atoms with Crippen LogP contribution >= 0.6 is 0 Å². The Morgan fingerprint density at radius 2 is 1.47 bits per heavy atom. The number of carbonyl (C=O) groups is 2. The van der Waals surface area contributed by atoms with Gasteiger partial charge < -0.3 is 19.8 Å². The molecule has 0 aromatic heterocycles. The van der Waals surface area contributed by atoms with Gasteiger partial charge in [0, 0.05) is 11.1 Å². The fourth-order valence-corrected chi connectivity index (χ4v) is 0.863. The molecule has 0 saturated heterocycles. The van der Waals surface area contributed by atoms with E-state index in [1.54, 1.807) is 0 Å². The van der Waals surface area contributed by atoms with Crippen LogP contribution in [-0.2, 0) is 0 Å². The van der Waals surface area contributed by atoms with E-state index in [9.17, 15) is 24.2 Å². The van der Waals surface area contributed by atoms with Gasteiger partial charge in [-0.1, -0.05) is 0 Å². The molecular weight excluding hydrogens is 225 g/mol. The van der Waals surface area contributed by atoms with Gasteiger partial charge in [0.1, 0.15) is 5.82 Å². The van der Waals surface area contributed by atoms with Gasteiger partial charge in [0.15, 0.2) is 0 Å². The molecule has 7 heteroatoms. The normalized spacial score (nSPS) is 8.33. The molecule has 0 atom stereocenters. The predicted octanol–water partition coefficient (Wildman–Crippen LogP) is -7.44. The van der Waals surface area contributed by atoms with Crippen LogP contribution in [0.1, 0.15) is 20.7 Å². The summed E-state index contributed by atoms with van der Waals surface area (Å²) in [5, 5.41) is 20.6. The van der Waals surface area contributed by atoms with Crippen LogP contribution in [0.4, 0.5) is 4.39 Å². The van der Waals surface area contributed by atoms with Crippen LogP contribution in [0.25, 0.3) is 0 Å². The molecule has 0 amide bonds. The predicted molar refractivity (Wildman–Crippen MR) is 35.1 cm³/mol. The summed E-state index contributed by atoms with van der Waals surface area (Å²) >= 11 is 0. The summed E-state index contributed by atoms with van der Waals surface area (Å²) in [4.78, 5) is 20.6. The molecule has 1 aromatic carbocycles. The van der Waals surface area contributed by atoms with Crippen molar-refractivity contribution in [2.45, 2.75) is 0 Å². The first-order valence-corrected chi connectivity index (χ1v) is 3.24. The Morgan fingerprint density at radius 3 is 1.87 bits per heavy atom. The van der Waals surface area contributed by atoms with Crippen LogP contribution in [0.2, 0.25) is 0 Å². The minimum atomic E-state index is -1.75. The van der Waals surface area contributed by atoms with Gasteiger partial charge in [0.25, 0.3) is 0 Å². The smallest absolute Gasteiger partial charge is 0.545 e. The standard InChI is InChI=1S/C8H5FO4.2Na/c9-4-1-2-5(7(10)11)6(3-4)8(12)13;;/h1-3H,(H,10,11)(H,12,13);;/q;2*+1/p-2. The first-order valence-electron chi connectivity index (χ1n) is 3.24. The molecule has 0 unspecified atom stereocenters. The summed E-state index contributed by atoms with van der Waals surface area (Å²) < 4.78 is 12.5. The molecule has 1 rings (SSSR count). The number of halogens is 1. The van der Waals surface area contributed by atoms with Crippen molar-refractivity contribution in [3.8, 4) is 0 Å². The van der Waals surface area contributed by atoms with Crippen molar-refractivity contribution in [3.05, 3.63) is 35.1 Å². The number of aromatic carboxylic acids is 2. The summed E-state index contributed by atoms with van der Waals surface area (Å²) in [6.45, 7) is 0. The molecule has 0 saturated carbocycles. The van der Waals surface area contributed by atoms with E-state index < -0.39 is 28.9 Å². The van der Waals surface area contributed by atoms with E-state index in [1.807, 2.05) is 0 Å². The topological polar surface area (TPSA) is 80.3 Å².